The van der Waals surface area contributed by atoms with Crippen molar-refractivity contribution in [1.82, 2.24) is 0 Å². The number of rotatable bonds is 7. The summed E-state index contributed by atoms with van der Waals surface area (Å²) in [6, 6.07) is 15.3. The molecule has 1 heterocycles. The van der Waals surface area contributed by atoms with Gasteiger partial charge in [0.15, 0.2) is 6.61 Å². The van der Waals surface area contributed by atoms with E-state index in [4.69, 9.17) is 14.2 Å². The molecule has 5 nitrogen and oxygen atoms in total. The minimum absolute atomic E-state index is 0.0563. The average Bonchev–Trinajstić information content (AvgIpc) is 2.65. The van der Waals surface area contributed by atoms with Crippen LogP contribution in [0.25, 0.3) is 6.08 Å². The van der Waals surface area contributed by atoms with Crippen LogP contribution < -0.4 is 14.4 Å². The summed E-state index contributed by atoms with van der Waals surface area (Å²) in [7, 11) is 0. The second-order valence-electron chi connectivity index (χ2n) is 5.91. The quantitative estimate of drug-likeness (QED) is 0.709. The Morgan fingerprint density at radius 1 is 1.19 bits per heavy atom. The Morgan fingerprint density at radius 2 is 1.96 bits per heavy atom. The highest BCUT2D eigenvalue weighted by atomic mass is 16.5. The number of carbonyl (C=O) groups excluding carboxylic acids is 1. The van der Waals surface area contributed by atoms with Crippen molar-refractivity contribution < 1.29 is 19.0 Å². The van der Waals surface area contributed by atoms with Crippen LogP contribution in [0.5, 0.6) is 11.5 Å². The van der Waals surface area contributed by atoms with Crippen LogP contribution in [0.2, 0.25) is 0 Å². The van der Waals surface area contributed by atoms with Crippen LogP contribution in [0.3, 0.4) is 0 Å². The number of allylic oxidation sites excluding steroid dienone is 1. The molecule has 2 aromatic carbocycles. The van der Waals surface area contributed by atoms with Gasteiger partial charge in [-0.05, 0) is 49.8 Å². The summed E-state index contributed by atoms with van der Waals surface area (Å²) >= 11 is 0. The molecule has 136 valence electrons. The molecule has 0 radical (unpaired) electrons. The summed E-state index contributed by atoms with van der Waals surface area (Å²) in [5, 5.41) is 0. The molecule has 1 aliphatic rings. The largest absolute Gasteiger partial charge is 0.499 e. The first-order valence-electron chi connectivity index (χ1n) is 8.73. The number of nitrogens with zero attached hydrogens (tertiary/aromatic N) is 1. The Labute approximate surface area is 153 Å². The van der Waals surface area contributed by atoms with Gasteiger partial charge in [-0.3, -0.25) is 4.79 Å². The summed E-state index contributed by atoms with van der Waals surface area (Å²) in [6.07, 6.45) is 1.98. The summed E-state index contributed by atoms with van der Waals surface area (Å²) in [4.78, 5) is 13.8. The van der Waals surface area contributed by atoms with Crippen LogP contribution >= 0.6 is 0 Å². The third kappa shape index (κ3) is 4.36. The number of fused-ring (bicyclic) bond motifs is 1. The van der Waals surface area contributed by atoms with Gasteiger partial charge in [-0.25, -0.2) is 0 Å². The number of anilines is 1. The van der Waals surface area contributed by atoms with E-state index in [-0.39, 0.29) is 12.5 Å². The van der Waals surface area contributed by atoms with E-state index in [9.17, 15) is 4.79 Å². The van der Waals surface area contributed by atoms with Gasteiger partial charge in [0.25, 0.3) is 5.91 Å². The Balaban J connectivity index is 1.57. The van der Waals surface area contributed by atoms with Crippen molar-refractivity contribution in [3.8, 4) is 11.5 Å². The second-order valence-corrected chi connectivity index (χ2v) is 5.91. The highest BCUT2D eigenvalue weighted by molar-refractivity contribution is 5.97. The zero-order valence-corrected chi connectivity index (χ0v) is 15.1. The molecule has 0 aromatic heterocycles. The topological polar surface area (TPSA) is 48.0 Å². The fourth-order valence-corrected chi connectivity index (χ4v) is 2.82. The monoisotopic (exact) mass is 353 g/mol. The highest BCUT2D eigenvalue weighted by Gasteiger charge is 2.24. The molecular formula is C21H23NO4. The molecule has 0 unspecified atom stereocenters. The number of hydrogen-bond acceptors (Lipinski definition) is 4. The van der Waals surface area contributed by atoms with Gasteiger partial charge in [0.1, 0.15) is 18.1 Å². The standard InChI is InChI=1S/C21H23NO4/c1-3-24-16(2)14-17-8-10-18(11-9-17)25-13-12-22-19-6-4-5-7-20(19)26-15-21(22)23/h4-11,14H,3,12-13,15H2,1-2H3/b16-14-. The summed E-state index contributed by atoms with van der Waals surface area (Å²) < 4.78 is 16.7. The van der Waals surface area contributed by atoms with E-state index in [1.807, 2.05) is 68.5 Å². The van der Waals surface area contributed by atoms with Gasteiger partial charge in [-0.15, -0.1) is 0 Å². The lowest BCUT2D eigenvalue weighted by Gasteiger charge is -2.29. The van der Waals surface area contributed by atoms with Crippen molar-refractivity contribution in [1.29, 1.82) is 0 Å². The van der Waals surface area contributed by atoms with Gasteiger partial charge in [-0.1, -0.05) is 24.3 Å². The van der Waals surface area contributed by atoms with E-state index in [1.54, 1.807) is 4.90 Å². The molecule has 1 aliphatic heterocycles. The van der Waals surface area contributed by atoms with E-state index in [0.717, 1.165) is 28.5 Å². The minimum atomic E-state index is -0.0563. The van der Waals surface area contributed by atoms with Gasteiger partial charge >= 0.3 is 0 Å². The lowest BCUT2D eigenvalue weighted by molar-refractivity contribution is -0.121. The Hall–Kier alpha value is -2.95. The van der Waals surface area contributed by atoms with Gasteiger partial charge in [0.2, 0.25) is 0 Å². The average molecular weight is 353 g/mol. The highest BCUT2D eigenvalue weighted by Crippen LogP contribution is 2.31. The predicted molar refractivity (Wildman–Crippen MR) is 102 cm³/mol. The van der Waals surface area contributed by atoms with E-state index < -0.39 is 0 Å². The van der Waals surface area contributed by atoms with Crippen LogP contribution in [0.15, 0.2) is 54.3 Å². The zero-order valence-electron chi connectivity index (χ0n) is 15.1. The van der Waals surface area contributed by atoms with Crippen molar-refractivity contribution in [3.63, 3.8) is 0 Å². The molecule has 0 N–H and O–H groups in total. The SMILES string of the molecule is CCO/C(C)=C\c1ccc(OCCN2C(=O)COc3ccccc32)cc1. The molecule has 0 saturated carbocycles. The molecule has 0 atom stereocenters. The van der Waals surface area contributed by atoms with Crippen molar-refractivity contribution in [2.45, 2.75) is 13.8 Å². The third-order valence-electron chi connectivity index (χ3n) is 4.01. The Morgan fingerprint density at radius 3 is 2.73 bits per heavy atom. The number of carbonyl (C=O) groups is 1. The van der Waals surface area contributed by atoms with Crippen molar-refractivity contribution in [3.05, 3.63) is 59.9 Å². The molecule has 1 amide bonds. The maximum atomic E-state index is 12.1. The minimum Gasteiger partial charge on any atom is -0.499 e. The number of para-hydroxylation sites is 2. The van der Waals surface area contributed by atoms with E-state index in [2.05, 4.69) is 0 Å². The third-order valence-corrected chi connectivity index (χ3v) is 4.01. The predicted octanol–water partition coefficient (Wildman–Crippen LogP) is 3.89. The molecule has 0 fully saturated rings. The smallest absolute Gasteiger partial charge is 0.265 e. The second kappa shape index (κ2) is 8.43. The molecule has 0 saturated heterocycles. The van der Waals surface area contributed by atoms with Gasteiger partial charge < -0.3 is 19.1 Å². The van der Waals surface area contributed by atoms with Gasteiger partial charge in [-0.2, -0.15) is 0 Å². The van der Waals surface area contributed by atoms with Crippen molar-refractivity contribution in [2.75, 3.05) is 31.3 Å². The van der Waals surface area contributed by atoms with Gasteiger partial charge in [0, 0.05) is 0 Å². The zero-order chi connectivity index (χ0) is 18.4. The van der Waals surface area contributed by atoms with E-state index in [1.165, 1.54) is 0 Å². The maximum absolute atomic E-state index is 12.1. The Bertz CT molecular complexity index is 783. The van der Waals surface area contributed by atoms with Crippen LogP contribution in [-0.2, 0) is 9.53 Å². The summed E-state index contributed by atoms with van der Waals surface area (Å²) in [5.74, 6) is 2.32. The summed E-state index contributed by atoms with van der Waals surface area (Å²) in [6.45, 7) is 5.51. The first-order valence-corrected chi connectivity index (χ1v) is 8.73. The molecule has 26 heavy (non-hydrogen) atoms. The lowest BCUT2D eigenvalue weighted by atomic mass is 10.2. The molecule has 0 spiro atoms. The molecule has 3 rings (SSSR count). The van der Waals surface area contributed by atoms with Crippen LogP contribution in [0.1, 0.15) is 19.4 Å². The fraction of sp³-hybridized carbons (Fsp3) is 0.286. The van der Waals surface area contributed by atoms with Crippen LogP contribution in [0, 0.1) is 0 Å². The molecule has 0 aliphatic carbocycles. The number of amides is 1. The van der Waals surface area contributed by atoms with Gasteiger partial charge in [0.05, 0.1) is 24.6 Å². The first-order chi connectivity index (χ1) is 12.7. The van der Waals surface area contributed by atoms with Crippen molar-refractivity contribution in [2.24, 2.45) is 0 Å². The number of ether oxygens (including phenoxy) is 3. The lowest BCUT2D eigenvalue weighted by Crippen LogP contribution is -2.41. The molecular weight excluding hydrogens is 330 g/mol. The molecule has 0 bridgehead atoms. The normalized spacial score (nSPS) is 13.8. The van der Waals surface area contributed by atoms with Crippen LogP contribution in [-0.4, -0.2) is 32.3 Å². The molecule has 2 aromatic rings. The summed E-state index contributed by atoms with van der Waals surface area (Å²) in [5.41, 5.74) is 1.85. The van der Waals surface area contributed by atoms with Crippen LogP contribution in [0.4, 0.5) is 5.69 Å². The Kier molecular flexibility index (Phi) is 5.79. The first kappa shape index (κ1) is 17.9. The number of hydrogen-bond donors (Lipinski definition) is 0. The maximum Gasteiger partial charge on any atom is 0.265 e. The van der Waals surface area contributed by atoms with E-state index >= 15 is 0 Å². The fourth-order valence-electron chi connectivity index (χ4n) is 2.82. The van der Waals surface area contributed by atoms with Crippen molar-refractivity contribution >= 4 is 17.7 Å². The number of benzene rings is 2. The van der Waals surface area contributed by atoms with E-state index in [0.29, 0.717) is 19.8 Å². The molecule has 5 heteroatoms.